The van der Waals surface area contributed by atoms with Crippen molar-refractivity contribution in [1.82, 2.24) is 14.8 Å². The fourth-order valence-corrected chi connectivity index (χ4v) is 3.09. The standard InChI is InChI=1S/C20H20N4O3/c1-26-17-2-3-18-15(11-17)10-16(13-27-18)20(25)22-19-6-9-24(23-19)12-14-4-7-21-8-5-14/h2-9,11,16H,10,12-13H2,1H3,(H,22,23,25). The highest BCUT2D eigenvalue weighted by Gasteiger charge is 2.26. The van der Waals surface area contributed by atoms with Gasteiger partial charge in [0.25, 0.3) is 0 Å². The molecule has 1 atom stereocenters. The van der Waals surface area contributed by atoms with Gasteiger partial charge < -0.3 is 14.8 Å². The number of carbonyl (C=O) groups excluding carboxylic acids is 1. The molecule has 3 aromatic rings. The molecule has 1 aliphatic heterocycles. The predicted octanol–water partition coefficient (Wildman–Crippen LogP) is 2.52. The van der Waals surface area contributed by atoms with Crippen LogP contribution in [0.5, 0.6) is 11.5 Å². The van der Waals surface area contributed by atoms with Gasteiger partial charge in [-0.1, -0.05) is 0 Å². The van der Waals surface area contributed by atoms with E-state index in [4.69, 9.17) is 9.47 Å². The van der Waals surface area contributed by atoms with E-state index in [-0.39, 0.29) is 11.8 Å². The predicted molar refractivity (Wildman–Crippen MR) is 99.9 cm³/mol. The summed E-state index contributed by atoms with van der Waals surface area (Å²) in [6.45, 7) is 0.973. The van der Waals surface area contributed by atoms with Crippen molar-refractivity contribution in [3.63, 3.8) is 0 Å². The van der Waals surface area contributed by atoms with E-state index in [1.165, 1.54) is 0 Å². The SMILES string of the molecule is COc1ccc2c(c1)CC(C(=O)Nc1ccn(Cc3ccncc3)n1)CO2. The lowest BCUT2D eigenvalue weighted by atomic mass is 9.96. The average Bonchev–Trinajstić information content (AvgIpc) is 3.14. The van der Waals surface area contributed by atoms with Crippen molar-refractivity contribution in [2.45, 2.75) is 13.0 Å². The summed E-state index contributed by atoms with van der Waals surface area (Å²) in [6, 6.07) is 11.3. The Hall–Kier alpha value is -3.35. The maximum Gasteiger partial charge on any atom is 0.232 e. The zero-order chi connectivity index (χ0) is 18.6. The van der Waals surface area contributed by atoms with Gasteiger partial charge >= 0.3 is 0 Å². The third kappa shape index (κ3) is 3.92. The van der Waals surface area contributed by atoms with Crippen LogP contribution in [0.25, 0.3) is 0 Å². The Morgan fingerprint density at radius 1 is 1.30 bits per heavy atom. The highest BCUT2D eigenvalue weighted by atomic mass is 16.5. The largest absolute Gasteiger partial charge is 0.497 e. The van der Waals surface area contributed by atoms with Gasteiger partial charge in [0.1, 0.15) is 18.1 Å². The summed E-state index contributed by atoms with van der Waals surface area (Å²) < 4.78 is 12.8. The van der Waals surface area contributed by atoms with E-state index in [1.54, 1.807) is 30.3 Å². The van der Waals surface area contributed by atoms with Crippen LogP contribution in [0.3, 0.4) is 0 Å². The first-order valence-electron chi connectivity index (χ1n) is 8.74. The summed E-state index contributed by atoms with van der Waals surface area (Å²) in [5, 5.41) is 7.30. The van der Waals surface area contributed by atoms with Crippen molar-refractivity contribution in [2.75, 3.05) is 19.0 Å². The lowest BCUT2D eigenvalue weighted by Crippen LogP contribution is -2.32. The number of hydrogen-bond donors (Lipinski definition) is 1. The molecule has 27 heavy (non-hydrogen) atoms. The number of pyridine rings is 1. The van der Waals surface area contributed by atoms with E-state index in [9.17, 15) is 4.79 Å². The Labute approximate surface area is 156 Å². The summed E-state index contributed by atoms with van der Waals surface area (Å²) in [5.74, 6) is 1.73. The molecule has 7 heteroatoms. The molecular formula is C20H20N4O3. The van der Waals surface area contributed by atoms with Crippen LogP contribution in [-0.2, 0) is 17.8 Å². The molecule has 0 spiro atoms. The number of methoxy groups -OCH3 is 1. The van der Waals surface area contributed by atoms with Gasteiger partial charge in [0.05, 0.1) is 19.6 Å². The Morgan fingerprint density at radius 2 is 2.15 bits per heavy atom. The first-order chi connectivity index (χ1) is 13.2. The molecule has 138 valence electrons. The highest BCUT2D eigenvalue weighted by molar-refractivity contribution is 5.92. The molecule has 0 saturated carbocycles. The number of rotatable bonds is 5. The first-order valence-corrected chi connectivity index (χ1v) is 8.74. The molecule has 2 aromatic heterocycles. The summed E-state index contributed by atoms with van der Waals surface area (Å²) in [7, 11) is 1.62. The van der Waals surface area contributed by atoms with Crippen LogP contribution in [-0.4, -0.2) is 34.4 Å². The van der Waals surface area contributed by atoms with Gasteiger partial charge in [-0.2, -0.15) is 5.10 Å². The second-order valence-corrected chi connectivity index (χ2v) is 6.43. The fraction of sp³-hybridized carbons (Fsp3) is 0.250. The average molecular weight is 364 g/mol. The maximum absolute atomic E-state index is 12.6. The van der Waals surface area contributed by atoms with Gasteiger partial charge in [0.15, 0.2) is 5.82 Å². The van der Waals surface area contributed by atoms with E-state index in [0.29, 0.717) is 25.4 Å². The molecule has 0 saturated heterocycles. The minimum absolute atomic E-state index is 0.0994. The Morgan fingerprint density at radius 3 is 2.96 bits per heavy atom. The van der Waals surface area contributed by atoms with Gasteiger partial charge in [-0.05, 0) is 47.9 Å². The molecule has 3 heterocycles. The number of hydrogen-bond acceptors (Lipinski definition) is 5. The molecule has 0 radical (unpaired) electrons. The number of amides is 1. The van der Waals surface area contributed by atoms with Gasteiger partial charge in [0.2, 0.25) is 5.91 Å². The number of aromatic nitrogens is 3. The van der Waals surface area contributed by atoms with Crippen molar-refractivity contribution < 1.29 is 14.3 Å². The molecule has 1 aliphatic rings. The second kappa shape index (κ2) is 7.49. The number of nitrogens with one attached hydrogen (secondary N) is 1. The zero-order valence-electron chi connectivity index (χ0n) is 15.0. The lowest BCUT2D eigenvalue weighted by molar-refractivity contribution is -0.121. The summed E-state index contributed by atoms with van der Waals surface area (Å²) >= 11 is 0. The molecule has 1 N–H and O–H groups in total. The molecule has 4 rings (SSSR count). The zero-order valence-corrected chi connectivity index (χ0v) is 15.0. The van der Waals surface area contributed by atoms with Crippen molar-refractivity contribution in [2.24, 2.45) is 5.92 Å². The van der Waals surface area contributed by atoms with Crippen molar-refractivity contribution in [3.8, 4) is 11.5 Å². The second-order valence-electron chi connectivity index (χ2n) is 6.43. The molecule has 0 bridgehead atoms. The summed E-state index contributed by atoms with van der Waals surface area (Å²) in [5.41, 5.74) is 2.07. The van der Waals surface area contributed by atoms with Crippen LogP contribution in [0.4, 0.5) is 5.82 Å². The van der Waals surface area contributed by atoms with E-state index in [2.05, 4.69) is 15.4 Å². The maximum atomic E-state index is 12.6. The van der Waals surface area contributed by atoms with Crippen LogP contribution in [0.2, 0.25) is 0 Å². The van der Waals surface area contributed by atoms with Crippen LogP contribution in [0, 0.1) is 5.92 Å². The minimum atomic E-state index is -0.269. The molecular weight excluding hydrogens is 344 g/mol. The number of carbonyl (C=O) groups is 1. The number of anilines is 1. The smallest absolute Gasteiger partial charge is 0.232 e. The number of fused-ring (bicyclic) bond motifs is 1. The van der Waals surface area contributed by atoms with Crippen LogP contribution < -0.4 is 14.8 Å². The van der Waals surface area contributed by atoms with Crippen LogP contribution >= 0.6 is 0 Å². The fourth-order valence-electron chi connectivity index (χ4n) is 3.09. The Bertz CT molecular complexity index is 939. The summed E-state index contributed by atoms with van der Waals surface area (Å²) in [4.78, 5) is 16.6. The van der Waals surface area contributed by atoms with E-state index >= 15 is 0 Å². The van der Waals surface area contributed by atoms with Crippen LogP contribution in [0.15, 0.2) is 55.0 Å². The van der Waals surface area contributed by atoms with E-state index in [0.717, 1.165) is 22.6 Å². The highest BCUT2D eigenvalue weighted by Crippen LogP contribution is 2.31. The monoisotopic (exact) mass is 364 g/mol. The van der Waals surface area contributed by atoms with Gasteiger partial charge in [0, 0.05) is 24.7 Å². The summed E-state index contributed by atoms with van der Waals surface area (Å²) in [6.07, 6.45) is 5.94. The molecule has 1 amide bonds. The molecule has 1 unspecified atom stereocenters. The third-order valence-electron chi connectivity index (χ3n) is 4.53. The lowest BCUT2D eigenvalue weighted by Gasteiger charge is -2.24. The first kappa shape index (κ1) is 17.1. The van der Waals surface area contributed by atoms with Crippen LogP contribution in [0.1, 0.15) is 11.1 Å². The number of nitrogens with zero attached hydrogens (tertiary/aromatic N) is 3. The molecule has 7 nitrogen and oxygen atoms in total. The Kier molecular flexibility index (Phi) is 4.74. The van der Waals surface area contributed by atoms with Crippen molar-refractivity contribution in [1.29, 1.82) is 0 Å². The third-order valence-corrected chi connectivity index (χ3v) is 4.53. The van der Waals surface area contributed by atoms with E-state index < -0.39 is 0 Å². The molecule has 0 aliphatic carbocycles. The normalized spacial score (nSPS) is 15.5. The van der Waals surface area contributed by atoms with E-state index in [1.807, 2.05) is 36.5 Å². The topological polar surface area (TPSA) is 78.3 Å². The Balaban J connectivity index is 1.39. The molecule has 0 fully saturated rings. The van der Waals surface area contributed by atoms with Gasteiger partial charge in [-0.25, -0.2) is 0 Å². The van der Waals surface area contributed by atoms with Crippen molar-refractivity contribution >= 4 is 11.7 Å². The van der Waals surface area contributed by atoms with Gasteiger partial charge in [-0.15, -0.1) is 0 Å². The molecule has 1 aromatic carbocycles. The number of benzene rings is 1. The number of ether oxygens (including phenoxy) is 2. The quantitative estimate of drug-likeness (QED) is 0.753. The van der Waals surface area contributed by atoms with Gasteiger partial charge in [-0.3, -0.25) is 14.5 Å². The van der Waals surface area contributed by atoms with Crippen molar-refractivity contribution in [3.05, 3.63) is 66.1 Å². The minimum Gasteiger partial charge on any atom is -0.497 e.